The number of aryl methyl sites for hydroxylation is 1. The summed E-state index contributed by atoms with van der Waals surface area (Å²) in [6.07, 6.45) is 0.857. The van der Waals surface area contributed by atoms with Crippen LogP contribution in [0.3, 0.4) is 0 Å². The lowest BCUT2D eigenvalue weighted by Gasteiger charge is -2.26. The molecule has 1 aromatic rings. The van der Waals surface area contributed by atoms with Crippen LogP contribution in [0.2, 0.25) is 0 Å². The van der Waals surface area contributed by atoms with E-state index in [-0.39, 0.29) is 5.54 Å². The maximum absolute atomic E-state index is 5.45. The summed E-state index contributed by atoms with van der Waals surface area (Å²) in [6, 6.07) is 4.09. The van der Waals surface area contributed by atoms with Crippen molar-refractivity contribution in [2.45, 2.75) is 32.7 Å². The summed E-state index contributed by atoms with van der Waals surface area (Å²) in [5.41, 5.74) is 2.26. The molecule has 0 aromatic heterocycles. The Bertz CT molecular complexity index is 361. The van der Waals surface area contributed by atoms with E-state index in [1.165, 1.54) is 0 Å². The normalized spacial score (nSPS) is 11.4. The number of benzene rings is 1. The second kappa shape index (κ2) is 5.41. The smallest absolute Gasteiger partial charge is 0.126 e. The number of methoxy groups -OCH3 is 2. The standard InChI is InChI=1S/C14H23NO2/c1-10-7-12(16-5)11(13(8-10)17-6)9-14(2,3)15-4/h7-8,15H,9H2,1-6H3. The summed E-state index contributed by atoms with van der Waals surface area (Å²) >= 11 is 0. The highest BCUT2D eigenvalue weighted by molar-refractivity contribution is 5.48. The number of hydrogen-bond acceptors (Lipinski definition) is 3. The summed E-state index contributed by atoms with van der Waals surface area (Å²) in [6.45, 7) is 6.36. The molecule has 0 aliphatic heterocycles. The molecular weight excluding hydrogens is 214 g/mol. The molecule has 0 aliphatic rings. The number of hydrogen-bond donors (Lipinski definition) is 1. The molecule has 1 rings (SSSR count). The van der Waals surface area contributed by atoms with Gasteiger partial charge in [0.1, 0.15) is 11.5 Å². The molecule has 17 heavy (non-hydrogen) atoms. The molecule has 0 saturated heterocycles. The molecule has 0 saturated carbocycles. The van der Waals surface area contributed by atoms with Gasteiger partial charge in [-0.1, -0.05) is 0 Å². The Morgan fingerprint density at radius 2 is 1.59 bits per heavy atom. The molecule has 0 spiro atoms. The van der Waals surface area contributed by atoms with E-state index < -0.39 is 0 Å². The molecule has 0 unspecified atom stereocenters. The first-order valence-electron chi connectivity index (χ1n) is 5.84. The van der Waals surface area contributed by atoms with Crippen LogP contribution in [0.25, 0.3) is 0 Å². The van der Waals surface area contributed by atoms with Crippen LogP contribution in [-0.4, -0.2) is 26.8 Å². The van der Waals surface area contributed by atoms with Gasteiger partial charge in [0.25, 0.3) is 0 Å². The van der Waals surface area contributed by atoms with Crippen molar-refractivity contribution in [2.75, 3.05) is 21.3 Å². The van der Waals surface area contributed by atoms with Gasteiger partial charge in [-0.3, -0.25) is 0 Å². The summed E-state index contributed by atoms with van der Waals surface area (Å²) in [5, 5.41) is 3.30. The first-order valence-corrected chi connectivity index (χ1v) is 5.84. The first kappa shape index (κ1) is 13.8. The molecule has 1 aromatic carbocycles. The van der Waals surface area contributed by atoms with Gasteiger partial charge in [0.2, 0.25) is 0 Å². The van der Waals surface area contributed by atoms with Crippen molar-refractivity contribution in [1.82, 2.24) is 5.32 Å². The fourth-order valence-corrected chi connectivity index (χ4v) is 1.82. The minimum atomic E-state index is 0.00974. The Labute approximate surface area is 104 Å². The lowest BCUT2D eigenvalue weighted by molar-refractivity contribution is 0.362. The minimum absolute atomic E-state index is 0.00974. The summed E-state index contributed by atoms with van der Waals surface area (Å²) in [4.78, 5) is 0. The second-order valence-electron chi connectivity index (χ2n) is 4.96. The number of nitrogens with one attached hydrogen (secondary N) is 1. The highest BCUT2D eigenvalue weighted by atomic mass is 16.5. The third kappa shape index (κ3) is 3.37. The third-order valence-corrected chi connectivity index (χ3v) is 3.05. The molecule has 96 valence electrons. The lowest BCUT2D eigenvalue weighted by Crippen LogP contribution is -2.38. The van der Waals surface area contributed by atoms with E-state index in [0.29, 0.717) is 0 Å². The minimum Gasteiger partial charge on any atom is -0.496 e. The largest absolute Gasteiger partial charge is 0.496 e. The molecule has 0 aliphatic carbocycles. The predicted molar refractivity (Wildman–Crippen MR) is 71.1 cm³/mol. The SMILES string of the molecule is CNC(C)(C)Cc1c(OC)cc(C)cc1OC. The van der Waals surface area contributed by atoms with Crippen molar-refractivity contribution >= 4 is 0 Å². The Balaban J connectivity index is 3.20. The summed E-state index contributed by atoms with van der Waals surface area (Å²) < 4.78 is 10.9. The lowest BCUT2D eigenvalue weighted by atomic mass is 9.93. The number of ether oxygens (including phenoxy) is 2. The van der Waals surface area contributed by atoms with Gasteiger partial charge >= 0.3 is 0 Å². The fraction of sp³-hybridized carbons (Fsp3) is 0.571. The molecule has 1 N–H and O–H groups in total. The van der Waals surface area contributed by atoms with Crippen molar-refractivity contribution in [3.05, 3.63) is 23.3 Å². The Morgan fingerprint density at radius 1 is 1.12 bits per heavy atom. The van der Waals surface area contributed by atoms with E-state index >= 15 is 0 Å². The van der Waals surface area contributed by atoms with Crippen molar-refractivity contribution in [1.29, 1.82) is 0 Å². The topological polar surface area (TPSA) is 30.5 Å². The van der Waals surface area contributed by atoms with Crippen molar-refractivity contribution in [3.8, 4) is 11.5 Å². The molecule has 0 atom stereocenters. The van der Waals surface area contributed by atoms with Crippen LogP contribution in [0.15, 0.2) is 12.1 Å². The highest BCUT2D eigenvalue weighted by Crippen LogP contribution is 2.33. The molecule has 0 radical (unpaired) electrons. The van der Waals surface area contributed by atoms with Gasteiger partial charge in [-0.25, -0.2) is 0 Å². The van der Waals surface area contributed by atoms with E-state index in [1.807, 2.05) is 26.1 Å². The Hall–Kier alpha value is -1.22. The number of likely N-dealkylation sites (N-methyl/N-ethyl adjacent to an activating group) is 1. The molecule has 0 fully saturated rings. The van der Waals surface area contributed by atoms with Crippen LogP contribution in [0.4, 0.5) is 0 Å². The number of rotatable bonds is 5. The maximum Gasteiger partial charge on any atom is 0.126 e. The van der Waals surface area contributed by atoms with Gasteiger partial charge in [0.05, 0.1) is 14.2 Å². The van der Waals surface area contributed by atoms with Crippen LogP contribution < -0.4 is 14.8 Å². The Kier molecular flexibility index (Phi) is 4.40. The van der Waals surface area contributed by atoms with E-state index in [4.69, 9.17) is 9.47 Å². The third-order valence-electron chi connectivity index (χ3n) is 3.05. The van der Waals surface area contributed by atoms with Gasteiger partial charge < -0.3 is 14.8 Å². The zero-order valence-electron chi connectivity index (χ0n) is 11.7. The summed E-state index contributed by atoms with van der Waals surface area (Å²) in [7, 11) is 5.36. The van der Waals surface area contributed by atoms with E-state index in [2.05, 4.69) is 19.2 Å². The van der Waals surface area contributed by atoms with Gasteiger partial charge in [-0.15, -0.1) is 0 Å². The molecular formula is C14H23NO2. The van der Waals surface area contributed by atoms with E-state index in [1.54, 1.807) is 14.2 Å². The zero-order valence-corrected chi connectivity index (χ0v) is 11.7. The average molecular weight is 237 g/mol. The van der Waals surface area contributed by atoms with Gasteiger partial charge in [0.15, 0.2) is 0 Å². The second-order valence-corrected chi connectivity index (χ2v) is 4.96. The molecule has 0 amide bonds. The van der Waals surface area contributed by atoms with Crippen LogP contribution in [0.5, 0.6) is 11.5 Å². The molecule has 3 nitrogen and oxygen atoms in total. The van der Waals surface area contributed by atoms with Gasteiger partial charge in [-0.2, -0.15) is 0 Å². The fourth-order valence-electron chi connectivity index (χ4n) is 1.82. The maximum atomic E-state index is 5.45. The van der Waals surface area contributed by atoms with Crippen molar-refractivity contribution in [2.24, 2.45) is 0 Å². The van der Waals surface area contributed by atoms with Crippen molar-refractivity contribution < 1.29 is 9.47 Å². The zero-order chi connectivity index (χ0) is 13.1. The molecule has 3 heteroatoms. The van der Waals surface area contributed by atoms with Gasteiger partial charge in [0, 0.05) is 11.1 Å². The quantitative estimate of drug-likeness (QED) is 0.853. The van der Waals surface area contributed by atoms with Crippen LogP contribution >= 0.6 is 0 Å². The van der Waals surface area contributed by atoms with Crippen LogP contribution in [0, 0.1) is 6.92 Å². The van der Waals surface area contributed by atoms with E-state index in [9.17, 15) is 0 Å². The predicted octanol–water partition coefficient (Wildman–Crippen LogP) is 2.55. The van der Waals surface area contributed by atoms with Gasteiger partial charge in [-0.05, 0) is 51.9 Å². The van der Waals surface area contributed by atoms with Crippen LogP contribution in [0.1, 0.15) is 25.0 Å². The average Bonchev–Trinajstić information content (AvgIpc) is 2.30. The molecule has 0 bridgehead atoms. The highest BCUT2D eigenvalue weighted by Gasteiger charge is 2.21. The summed E-state index contributed by atoms with van der Waals surface area (Å²) in [5.74, 6) is 1.79. The Morgan fingerprint density at radius 3 is 1.94 bits per heavy atom. The van der Waals surface area contributed by atoms with Crippen molar-refractivity contribution in [3.63, 3.8) is 0 Å². The van der Waals surface area contributed by atoms with E-state index in [0.717, 1.165) is 29.0 Å². The monoisotopic (exact) mass is 237 g/mol. The molecule has 0 heterocycles. The first-order chi connectivity index (χ1) is 7.93. The van der Waals surface area contributed by atoms with Crippen LogP contribution in [-0.2, 0) is 6.42 Å².